The van der Waals surface area contributed by atoms with Crippen molar-refractivity contribution in [2.75, 3.05) is 21.3 Å². The molecule has 0 unspecified atom stereocenters. The molecule has 0 saturated heterocycles. The van der Waals surface area contributed by atoms with Crippen molar-refractivity contribution < 1.29 is 13.3 Å². The van der Waals surface area contributed by atoms with Gasteiger partial charge in [-0.2, -0.15) is 0 Å². The van der Waals surface area contributed by atoms with Crippen LogP contribution in [0.1, 0.15) is 12.8 Å². The number of hydrogen-bond donors (Lipinski definition) is 0. The summed E-state index contributed by atoms with van der Waals surface area (Å²) in [7, 11) is 2.65. The van der Waals surface area contributed by atoms with E-state index in [1.54, 1.807) is 21.3 Å². The van der Waals surface area contributed by atoms with Crippen LogP contribution in [0, 0.1) is 0 Å². The number of rotatable bonds is 4. The van der Waals surface area contributed by atoms with Gasteiger partial charge in [0.05, 0.1) is 0 Å². The zero-order chi connectivity index (χ0) is 9.03. The molecule has 0 N–H and O–H groups in total. The maximum Gasteiger partial charge on any atom is 0.504 e. The molecular formula is C8H20O3Si2. The van der Waals surface area contributed by atoms with Crippen molar-refractivity contribution >= 4 is 19.8 Å². The molecule has 5 heteroatoms. The van der Waals surface area contributed by atoms with Gasteiger partial charge in [-0.25, -0.2) is 0 Å². The molecule has 13 heavy (non-hydrogen) atoms. The minimum atomic E-state index is -2.35. The standard InChI is InChI=1S/C8H16O3Si.H4Si/c1-9-12(10-2,11-3)8-6-4-5-7-8;/h4-5,8H,6-7H2,1-3H3;1H4. The van der Waals surface area contributed by atoms with Crippen molar-refractivity contribution in [1.29, 1.82) is 0 Å². The lowest BCUT2D eigenvalue weighted by Crippen LogP contribution is -2.46. The summed E-state index contributed by atoms with van der Waals surface area (Å²) in [5, 5.41) is 0. The second kappa shape index (κ2) is 5.71. The quantitative estimate of drug-likeness (QED) is 0.498. The summed E-state index contributed by atoms with van der Waals surface area (Å²) in [4.78, 5) is 0. The molecule has 0 spiro atoms. The van der Waals surface area contributed by atoms with Crippen LogP contribution >= 0.6 is 0 Å². The molecule has 3 nitrogen and oxygen atoms in total. The topological polar surface area (TPSA) is 27.7 Å². The van der Waals surface area contributed by atoms with Crippen LogP contribution in [0.4, 0.5) is 0 Å². The van der Waals surface area contributed by atoms with Crippen molar-refractivity contribution in [3.63, 3.8) is 0 Å². The smallest absolute Gasteiger partial charge is 0.377 e. The average molecular weight is 220 g/mol. The predicted octanol–water partition coefficient (Wildman–Crippen LogP) is 0.133. The molecule has 0 fully saturated rings. The molecule has 0 amide bonds. The van der Waals surface area contributed by atoms with Gasteiger partial charge in [-0.05, 0) is 23.8 Å². The molecule has 1 aliphatic rings. The van der Waals surface area contributed by atoms with Gasteiger partial charge in [-0.15, -0.1) is 0 Å². The zero-order valence-electron chi connectivity index (χ0n) is 7.87. The van der Waals surface area contributed by atoms with Crippen LogP contribution in [-0.4, -0.2) is 41.1 Å². The summed E-state index contributed by atoms with van der Waals surface area (Å²) >= 11 is 0. The van der Waals surface area contributed by atoms with E-state index in [-0.39, 0.29) is 11.0 Å². The van der Waals surface area contributed by atoms with Gasteiger partial charge in [0.1, 0.15) is 0 Å². The average Bonchev–Trinajstić information content (AvgIpc) is 2.62. The monoisotopic (exact) mass is 220 g/mol. The van der Waals surface area contributed by atoms with E-state index in [0.717, 1.165) is 12.8 Å². The van der Waals surface area contributed by atoms with Crippen molar-refractivity contribution in [2.45, 2.75) is 18.4 Å². The second-order valence-corrected chi connectivity index (χ2v) is 6.10. The second-order valence-electron chi connectivity index (χ2n) is 2.86. The molecule has 0 aliphatic heterocycles. The lowest BCUT2D eigenvalue weighted by atomic mass is 10.3. The van der Waals surface area contributed by atoms with Crippen LogP contribution in [0.15, 0.2) is 12.2 Å². The highest BCUT2D eigenvalue weighted by Crippen LogP contribution is 2.35. The first-order valence-corrected chi connectivity index (χ1v) is 5.89. The van der Waals surface area contributed by atoms with Crippen LogP contribution in [-0.2, 0) is 13.3 Å². The molecule has 0 aromatic rings. The van der Waals surface area contributed by atoms with Gasteiger partial charge in [0.25, 0.3) is 0 Å². The third-order valence-corrected chi connectivity index (χ3v) is 5.54. The van der Waals surface area contributed by atoms with E-state index < -0.39 is 8.80 Å². The summed E-state index contributed by atoms with van der Waals surface area (Å²) in [6, 6.07) is 0. The Hall–Kier alpha value is 0.0538. The fourth-order valence-corrected chi connectivity index (χ4v) is 4.01. The van der Waals surface area contributed by atoms with E-state index in [1.807, 2.05) is 0 Å². The van der Waals surface area contributed by atoms with Gasteiger partial charge >= 0.3 is 8.80 Å². The highest BCUT2D eigenvalue weighted by molar-refractivity contribution is 6.62. The Morgan fingerprint density at radius 2 is 1.38 bits per heavy atom. The van der Waals surface area contributed by atoms with Gasteiger partial charge in [0.2, 0.25) is 0 Å². The van der Waals surface area contributed by atoms with E-state index >= 15 is 0 Å². The SMILES string of the molecule is CO[Si](OC)(OC)C1CC=CC1.[SiH4]. The van der Waals surface area contributed by atoms with Crippen LogP contribution in [0.5, 0.6) is 0 Å². The number of hydrogen-bond acceptors (Lipinski definition) is 3. The van der Waals surface area contributed by atoms with E-state index in [9.17, 15) is 0 Å². The molecule has 0 heterocycles. The first-order chi connectivity index (χ1) is 5.79. The molecule has 0 radical (unpaired) electrons. The lowest BCUT2D eigenvalue weighted by molar-refractivity contribution is 0.112. The Labute approximate surface area is 85.5 Å². The molecular weight excluding hydrogens is 200 g/mol. The zero-order valence-corrected chi connectivity index (χ0v) is 8.87. The minimum Gasteiger partial charge on any atom is -0.377 e. The third kappa shape index (κ3) is 2.51. The highest BCUT2D eigenvalue weighted by atomic mass is 28.4. The molecule has 0 atom stereocenters. The van der Waals surface area contributed by atoms with Crippen molar-refractivity contribution in [1.82, 2.24) is 0 Å². The molecule has 0 bridgehead atoms. The normalized spacial score (nSPS) is 17.5. The summed E-state index contributed by atoms with van der Waals surface area (Å²) in [6.07, 6.45) is 6.34. The Morgan fingerprint density at radius 1 is 1.00 bits per heavy atom. The molecule has 1 rings (SSSR count). The van der Waals surface area contributed by atoms with Gasteiger partial charge in [-0.3, -0.25) is 0 Å². The Balaban J connectivity index is 0.00000144. The van der Waals surface area contributed by atoms with Crippen molar-refractivity contribution in [3.8, 4) is 0 Å². The first-order valence-electron chi connectivity index (χ1n) is 4.09. The molecule has 1 aliphatic carbocycles. The lowest BCUT2D eigenvalue weighted by Gasteiger charge is -2.29. The largest absolute Gasteiger partial charge is 0.504 e. The van der Waals surface area contributed by atoms with Gasteiger partial charge < -0.3 is 13.3 Å². The van der Waals surface area contributed by atoms with Crippen molar-refractivity contribution in [2.24, 2.45) is 0 Å². The molecule has 0 aromatic carbocycles. The van der Waals surface area contributed by atoms with Gasteiger partial charge in [0, 0.05) is 26.9 Å². The maximum absolute atomic E-state index is 5.37. The van der Waals surface area contributed by atoms with Gasteiger partial charge in [-0.1, -0.05) is 12.2 Å². The third-order valence-electron chi connectivity index (χ3n) is 2.36. The highest BCUT2D eigenvalue weighted by Gasteiger charge is 2.46. The minimum absolute atomic E-state index is 0. The molecule has 0 saturated carbocycles. The summed E-state index contributed by atoms with van der Waals surface area (Å²) in [5.41, 5.74) is 0.414. The first kappa shape index (κ1) is 13.1. The van der Waals surface area contributed by atoms with Crippen LogP contribution in [0.2, 0.25) is 5.54 Å². The fourth-order valence-electron chi connectivity index (χ4n) is 1.66. The fraction of sp³-hybridized carbons (Fsp3) is 0.750. The number of allylic oxidation sites excluding steroid dienone is 2. The Kier molecular flexibility index (Phi) is 5.74. The van der Waals surface area contributed by atoms with Crippen LogP contribution < -0.4 is 0 Å². The Morgan fingerprint density at radius 3 is 1.69 bits per heavy atom. The van der Waals surface area contributed by atoms with E-state index in [2.05, 4.69) is 12.2 Å². The molecule has 0 aromatic heterocycles. The van der Waals surface area contributed by atoms with Crippen LogP contribution in [0.3, 0.4) is 0 Å². The molecule has 78 valence electrons. The van der Waals surface area contributed by atoms with Crippen LogP contribution in [0.25, 0.3) is 0 Å². The van der Waals surface area contributed by atoms with E-state index in [1.165, 1.54) is 0 Å². The maximum atomic E-state index is 5.37. The Bertz CT molecular complexity index is 153. The summed E-state index contributed by atoms with van der Waals surface area (Å²) in [5.74, 6) is 0. The van der Waals surface area contributed by atoms with Gasteiger partial charge in [0.15, 0.2) is 0 Å². The van der Waals surface area contributed by atoms with Crippen molar-refractivity contribution in [3.05, 3.63) is 12.2 Å². The van der Waals surface area contributed by atoms with E-state index in [4.69, 9.17) is 13.3 Å². The predicted molar refractivity (Wildman–Crippen MR) is 60.2 cm³/mol. The van der Waals surface area contributed by atoms with E-state index in [0.29, 0.717) is 5.54 Å². The summed E-state index contributed by atoms with van der Waals surface area (Å²) < 4.78 is 16.1. The summed E-state index contributed by atoms with van der Waals surface area (Å²) in [6.45, 7) is 0.